The van der Waals surface area contributed by atoms with E-state index >= 15 is 0 Å². The summed E-state index contributed by atoms with van der Waals surface area (Å²) in [5.41, 5.74) is 4.05. The molecule has 0 atom stereocenters. The second-order valence-electron chi connectivity index (χ2n) is 4.54. The van der Waals surface area contributed by atoms with Gasteiger partial charge in [0.1, 0.15) is 5.75 Å². The van der Waals surface area contributed by atoms with Crippen LogP contribution in [0, 0.1) is 6.92 Å². The molecule has 2 rings (SSSR count). The van der Waals surface area contributed by atoms with Gasteiger partial charge in [0.25, 0.3) is 5.91 Å². The van der Waals surface area contributed by atoms with Crippen molar-refractivity contribution < 1.29 is 9.53 Å². The average Bonchev–Trinajstić information content (AvgIpc) is 2.49. The van der Waals surface area contributed by atoms with E-state index in [1.807, 2.05) is 25.1 Å². The van der Waals surface area contributed by atoms with E-state index in [1.54, 1.807) is 24.3 Å². The largest absolute Gasteiger partial charge is 0.484 e. The number of carbonyl (C=O) groups excluding carboxylic acids is 1. The number of hydrazone groups is 1. The number of amides is 1. The van der Waals surface area contributed by atoms with Crippen molar-refractivity contribution in [3.8, 4) is 5.75 Å². The Morgan fingerprint density at radius 3 is 2.82 bits per heavy atom. The molecule has 22 heavy (non-hydrogen) atoms. The summed E-state index contributed by atoms with van der Waals surface area (Å²) in [4.78, 5) is 11.6. The predicted molar refractivity (Wildman–Crippen MR) is 88.9 cm³/mol. The summed E-state index contributed by atoms with van der Waals surface area (Å²) in [6.45, 7) is 1.83. The highest BCUT2D eigenvalue weighted by Crippen LogP contribution is 2.24. The van der Waals surface area contributed by atoms with Crippen LogP contribution in [0.5, 0.6) is 5.75 Å². The summed E-state index contributed by atoms with van der Waals surface area (Å²) < 4.78 is 5.36. The summed E-state index contributed by atoms with van der Waals surface area (Å²) >= 11 is 11.9. The van der Waals surface area contributed by atoms with Crippen molar-refractivity contribution in [1.29, 1.82) is 0 Å². The molecular formula is C16H14Cl2N2O2. The van der Waals surface area contributed by atoms with Gasteiger partial charge >= 0.3 is 0 Å². The molecule has 4 nitrogen and oxygen atoms in total. The number of nitrogens with one attached hydrogen (secondary N) is 1. The molecule has 1 amide bonds. The molecule has 2 aromatic carbocycles. The summed E-state index contributed by atoms with van der Waals surface area (Å²) in [6, 6.07) is 12.6. The molecule has 0 spiro atoms. The number of rotatable bonds is 5. The Morgan fingerprint density at radius 2 is 2.05 bits per heavy atom. The van der Waals surface area contributed by atoms with Crippen molar-refractivity contribution in [2.24, 2.45) is 5.10 Å². The van der Waals surface area contributed by atoms with E-state index in [0.717, 1.165) is 5.56 Å². The van der Waals surface area contributed by atoms with Crippen LogP contribution in [-0.4, -0.2) is 18.7 Å². The molecule has 0 heterocycles. The van der Waals surface area contributed by atoms with Crippen LogP contribution in [0.15, 0.2) is 47.6 Å². The van der Waals surface area contributed by atoms with E-state index in [9.17, 15) is 4.79 Å². The Labute approximate surface area is 138 Å². The van der Waals surface area contributed by atoms with Gasteiger partial charge in [-0.2, -0.15) is 5.10 Å². The van der Waals surface area contributed by atoms with Crippen LogP contribution in [0.4, 0.5) is 0 Å². The van der Waals surface area contributed by atoms with Gasteiger partial charge in [0.2, 0.25) is 0 Å². The Bertz CT molecular complexity index is 702. The van der Waals surface area contributed by atoms with E-state index in [0.29, 0.717) is 21.4 Å². The Balaban J connectivity index is 1.85. The van der Waals surface area contributed by atoms with Crippen molar-refractivity contribution in [2.75, 3.05) is 6.61 Å². The topological polar surface area (TPSA) is 50.7 Å². The fourth-order valence-corrected chi connectivity index (χ4v) is 2.04. The summed E-state index contributed by atoms with van der Waals surface area (Å²) in [7, 11) is 0. The van der Waals surface area contributed by atoms with Gasteiger partial charge in [0.15, 0.2) is 6.61 Å². The molecule has 2 aromatic rings. The maximum absolute atomic E-state index is 11.6. The van der Waals surface area contributed by atoms with Gasteiger partial charge in [0, 0.05) is 5.56 Å². The van der Waals surface area contributed by atoms with Crippen LogP contribution in [-0.2, 0) is 4.79 Å². The Hall–Kier alpha value is -2.04. The SMILES string of the molecule is Cc1cccc(OCC(=O)N/N=C\c2cccc(Cl)c2Cl)c1. The van der Waals surface area contributed by atoms with Gasteiger partial charge in [-0.25, -0.2) is 5.43 Å². The standard InChI is InChI=1S/C16H14Cl2N2O2/c1-11-4-2-6-13(8-11)22-10-15(21)20-19-9-12-5-3-7-14(17)16(12)18/h2-9H,10H2,1H3,(H,20,21)/b19-9-. The highest BCUT2D eigenvalue weighted by molar-refractivity contribution is 6.43. The lowest BCUT2D eigenvalue weighted by Crippen LogP contribution is -2.24. The van der Waals surface area contributed by atoms with E-state index < -0.39 is 0 Å². The van der Waals surface area contributed by atoms with Gasteiger partial charge in [-0.05, 0) is 30.7 Å². The maximum atomic E-state index is 11.6. The predicted octanol–water partition coefficient (Wildman–Crippen LogP) is 3.83. The molecule has 0 aliphatic rings. The zero-order chi connectivity index (χ0) is 15.9. The molecule has 0 saturated heterocycles. The first-order valence-electron chi connectivity index (χ1n) is 6.51. The number of hydrogen-bond acceptors (Lipinski definition) is 3. The quantitative estimate of drug-likeness (QED) is 0.666. The lowest BCUT2D eigenvalue weighted by atomic mass is 10.2. The molecular weight excluding hydrogens is 323 g/mol. The first-order chi connectivity index (χ1) is 10.6. The van der Waals surface area contributed by atoms with E-state index in [-0.39, 0.29) is 12.5 Å². The Kier molecular flexibility index (Phi) is 5.81. The summed E-state index contributed by atoms with van der Waals surface area (Å²) in [5.74, 6) is 0.271. The third kappa shape index (κ3) is 4.76. The third-order valence-electron chi connectivity index (χ3n) is 2.73. The van der Waals surface area contributed by atoms with Gasteiger partial charge in [-0.1, -0.05) is 47.5 Å². The lowest BCUT2D eigenvalue weighted by Gasteiger charge is -2.05. The van der Waals surface area contributed by atoms with Crippen LogP contribution >= 0.6 is 23.2 Å². The number of nitrogens with zero attached hydrogens (tertiary/aromatic N) is 1. The second kappa shape index (κ2) is 7.82. The van der Waals surface area contributed by atoms with E-state index in [1.165, 1.54) is 6.21 Å². The minimum atomic E-state index is -0.365. The van der Waals surface area contributed by atoms with Crippen LogP contribution < -0.4 is 10.2 Å². The first-order valence-corrected chi connectivity index (χ1v) is 7.27. The molecule has 6 heteroatoms. The highest BCUT2D eigenvalue weighted by atomic mass is 35.5. The van der Waals surface area contributed by atoms with Gasteiger partial charge in [-0.15, -0.1) is 0 Å². The fraction of sp³-hybridized carbons (Fsp3) is 0.125. The molecule has 1 N–H and O–H groups in total. The molecule has 0 aliphatic heterocycles. The fourth-order valence-electron chi connectivity index (χ4n) is 1.68. The van der Waals surface area contributed by atoms with Crippen molar-refractivity contribution in [3.63, 3.8) is 0 Å². The van der Waals surface area contributed by atoms with Crippen molar-refractivity contribution >= 4 is 35.3 Å². The number of benzene rings is 2. The average molecular weight is 337 g/mol. The van der Waals surface area contributed by atoms with Crippen LogP contribution in [0.2, 0.25) is 10.0 Å². The number of aryl methyl sites for hydroxylation is 1. The van der Waals surface area contributed by atoms with Crippen LogP contribution in [0.1, 0.15) is 11.1 Å². The maximum Gasteiger partial charge on any atom is 0.277 e. The zero-order valence-corrected chi connectivity index (χ0v) is 13.4. The molecule has 0 unspecified atom stereocenters. The Morgan fingerprint density at radius 1 is 1.27 bits per heavy atom. The number of ether oxygens (including phenoxy) is 1. The molecule has 0 fully saturated rings. The molecule has 0 aromatic heterocycles. The van der Waals surface area contributed by atoms with Crippen molar-refractivity contribution in [2.45, 2.75) is 6.92 Å². The zero-order valence-electron chi connectivity index (χ0n) is 11.8. The van der Waals surface area contributed by atoms with E-state index in [4.69, 9.17) is 27.9 Å². The molecule has 0 aliphatic carbocycles. The summed E-state index contributed by atoms with van der Waals surface area (Å²) in [5, 5.41) is 4.64. The number of hydrogen-bond donors (Lipinski definition) is 1. The number of halogens is 2. The minimum Gasteiger partial charge on any atom is -0.484 e. The normalized spacial score (nSPS) is 10.7. The smallest absolute Gasteiger partial charge is 0.277 e. The minimum absolute atomic E-state index is 0.121. The lowest BCUT2D eigenvalue weighted by molar-refractivity contribution is -0.123. The third-order valence-corrected chi connectivity index (χ3v) is 3.57. The molecule has 0 bridgehead atoms. The first kappa shape index (κ1) is 16.3. The second-order valence-corrected chi connectivity index (χ2v) is 5.33. The highest BCUT2D eigenvalue weighted by Gasteiger charge is 2.03. The molecule has 0 radical (unpaired) electrons. The molecule has 114 valence electrons. The van der Waals surface area contributed by atoms with Gasteiger partial charge in [0.05, 0.1) is 16.3 Å². The van der Waals surface area contributed by atoms with Gasteiger partial charge < -0.3 is 4.74 Å². The van der Waals surface area contributed by atoms with Crippen molar-refractivity contribution in [3.05, 3.63) is 63.6 Å². The number of carbonyl (C=O) groups is 1. The van der Waals surface area contributed by atoms with Crippen molar-refractivity contribution in [1.82, 2.24) is 5.43 Å². The summed E-state index contributed by atoms with van der Waals surface area (Å²) in [6.07, 6.45) is 1.43. The van der Waals surface area contributed by atoms with Gasteiger partial charge in [-0.3, -0.25) is 4.79 Å². The monoisotopic (exact) mass is 336 g/mol. The van der Waals surface area contributed by atoms with Crippen LogP contribution in [0.3, 0.4) is 0 Å². The van der Waals surface area contributed by atoms with E-state index in [2.05, 4.69) is 10.5 Å². The van der Waals surface area contributed by atoms with Crippen LogP contribution in [0.25, 0.3) is 0 Å². The molecule has 0 saturated carbocycles.